The van der Waals surface area contributed by atoms with E-state index in [0.717, 1.165) is 38.8 Å². The highest BCUT2D eigenvalue weighted by Crippen LogP contribution is 2.22. The maximum absolute atomic E-state index is 12.1. The number of amides is 1. The number of ether oxygens (including phenoxy) is 3. The number of piperidine rings is 2. The minimum atomic E-state index is -0.456. The van der Waals surface area contributed by atoms with Crippen molar-refractivity contribution >= 4 is 12.1 Å². The Labute approximate surface area is 156 Å². The molecule has 0 aromatic rings. The predicted octanol–water partition coefficient (Wildman–Crippen LogP) is 2.43. The van der Waals surface area contributed by atoms with Gasteiger partial charge in [0.15, 0.2) is 0 Å². The smallest absolute Gasteiger partial charge is 0.410 e. The summed E-state index contributed by atoms with van der Waals surface area (Å²) in [4.78, 5) is 27.5. The molecule has 2 heterocycles. The van der Waals surface area contributed by atoms with Crippen LogP contribution in [0.3, 0.4) is 0 Å². The molecular formula is C19H34N2O5. The quantitative estimate of drug-likeness (QED) is 0.693. The lowest BCUT2D eigenvalue weighted by Crippen LogP contribution is -2.45. The van der Waals surface area contributed by atoms with Crippen LogP contribution in [0.25, 0.3) is 0 Å². The van der Waals surface area contributed by atoms with Gasteiger partial charge in [-0.1, -0.05) is 0 Å². The van der Waals surface area contributed by atoms with Crippen molar-refractivity contribution in [3.63, 3.8) is 0 Å². The second-order valence-corrected chi connectivity index (χ2v) is 8.08. The van der Waals surface area contributed by atoms with E-state index in [0.29, 0.717) is 26.2 Å². The SMILES string of the molecule is CCOC(=O)CN1CCC(OC2CCN(C(=O)OC(C)(C)C)CC2)CC1. The first kappa shape index (κ1) is 21.0. The second-order valence-electron chi connectivity index (χ2n) is 8.08. The standard InChI is InChI=1S/C19H34N2O5/c1-5-24-17(22)14-20-10-6-15(7-11-20)25-16-8-12-21(13-9-16)18(23)26-19(2,3)4/h15-16H,5-14H2,1-4H3. The summed E-state index contributed by atoms with van der Waals surface area (Å²) in [5, 5.41) is 0. The lowest BCUT2D eigenvalue weighted by Gasteiger charge is -2.37. The Morgan fingerprint density at radius 1 is 0.962 bits per heavy atom. The molecular weight excluding hydrogens is 336 g/mol. The number of esters is 1. The van der Waals surface area contributed by atoms with Crippen molar-refractivity contribution in [2.45, 2.75) is 71.2 Å². The van der Waals surface area contributed by atoms with Gasteiger partial charge in [-0.3, -0.25) is 9.69 Å². The summed E-state index contributed by atoms with van der Waals surface area (Å²) in [5.41, 5.74) is -0.456. The van der Waals surface area contributed by atoms with Crippen LogP contribution in [0.5, 0.6) is 0 Å². The Balaban J connectivity index is 1.64. The summed E-state index contributed by atoms with van der Waals surface area (Å²) in [5.74, 6) is -0.151. The molecule has 0 atom stereocenters. The maximum Gasteiger partial charge on any atom is 0.410 e. The summed E-state index contributed by atoms with van der Waals surface area (Å²) in [6.07, 6.45) is 3.78. The number of hydrogen-bond donors (Lipinski definition) is 0. The van der Waals surface area contributed by atoms with Crippen LogP contribution < -0.4 is 0 Å². The molecule has 2 fully saturated rings. The van der Waals surface area contributed by atoms with Gasteiger partial charge in [0.25, 0.3) is 0 Å². The fourth-order valence-electron chi connectivity index (χ4n) is 3.37. The zero-order valence-electron chi connectivity index (χ0n) is 16.7. The molecule has 0 aromatic carbocycles. The third-order valence-corrected chi connectivity index (χ3v) is 4.67. The number of carbonyl (C=O) groups is 2. The average Bonchev–Trinajstić information content (AvgIpc) is 2.56. The van der Waals surface area contributed by atoms with Crippen molar-refractivity contribution in [2.24, 2.45) is 0 Å². The van der Waals surface area contributed by atoms with Gasteiger partial charge in [-0.15, -0.1) is 0 Å². The van der Waals surface area contributed by atoms with E-state index >= 15 is 0 Å². The molecule has 0 aliphatic carbocycles. The van der Waals surface area contributed by atoms with Gasteiger partial charge in [0.1, 0.15) is 5.60 Å². The van der Waals surface area contributed by atoms with Gasteiger partial charge in [0.05, 0.1) is 25.4 Å². The first-order valence-corrected chi connectivity index (χ1v) is 9.78. The van der Waals surface area contributed by atoms with Gasteiger partial charge < -0.3 is 19.1 Å². The van der Waals surface area contributed by atoms with Crippen LogP contribution in [0.15, 0.2) is 0 Å². The van der Waals surface area contributed by atoms with Crippen molar-refractivity contribution in [1.29, 1.82) is 0 Å². The van der Waals surface area contributed by atoms with Gasteiger partial charge in [0.2, 0.25) is 0 Å². The molecule has 0 radical (unpaired) electrons. The van der Waals surface area contributed by atoms with Crippen LogP contribution in [-0.2, 0) is 19.0 Å². The van der Waals surface area contributed by atoms with E-state index in [1.54, 1.807) is 4.90 Å². The molecule has 7 nitrogen and oxygen atoms in total. The van der Waals surface area contributed by atoms with Gasteiger partial charge in [-0.25, -0.2) is 4.79 Å². The fourth-order valence-corrected chi connectivity index (χ4v) is 3.37. The highest BCUT2D eigenvalue weighted by atomic mass is 16.6. The maximum atomic E-state index is 12.1. The first-order chi connectivity index (χ1) is 12.3. The first-order valence-electron chi connectivity index (χ1n) is 9.78. The molecule has 2 aliphatic heterocycles. The van der Waals surface area contributed by atoms with E-state index in [4.69, 9.17) is 14.2 Å². The monoisotopic (exact) mass is 370 g/mol. The Kier molecular flexibility index (Phi) is 7.70. The number of hydrogen-bond acceptors (Lipinski definition) is 6. The Morgan fingerprint density at radius 3 is 2.00 bits per heavy atom. The lowest BCUT2D eigenvalue weighted by molar-refractivity contribution is -0.145. The summed E-state index contributed by atoms with van der Waals surface area (Å²) in [7, 11) is 0. The van der Waals surface area contributed by atoms with E-state index < -0.39 is 5.60 Å². The number of likely N-dealkylation sites (tertiary alicyclic amines) is 2. The van der Waals surface area contributed by atoms with Crippen LogP contribution in [0.1, 0.15) is 53.4 Å². The lowest BCUT2D eigenvalue weighted by atomic mass is 10.0. The van der Waals surface area contributed by atoms with Crippen LogP contribution in [-0.4, -0.2) is 79.0 Å². The summed E-state index contributed by atoms with van der Waals surface area (Å²) in [6, 6.07) is 0. The highest BCUT2D eigenvalue weighted by molar-refractivity contribution is 5.71. The summed E-state index contributed by atoms with van der Waals surface area (Å²) < 4.78 is 16.7. The molecule has 1 amide bonds. The zero-order chi connectivity index (χ0) is 19.2. The Morgan fingerprint density at radius 2 is 1.50 bits per heavy atom. The predicted molar refractivity (Wildman–Crippen MR) is 98.0 cm³/mol. The van der Waals surface area contributed by atoms with Gasteiger partial charge in [0, 0.05) is 26.2 Å². The minimum Gasteiger partial charge on any atom is -0.465 e. The van der Waals surface area contributed by atoms with Crippen LogP contribution >= 0.6 is 0 Å². The van der Waals surface area contributed by atoms with Crippen molar-refractivity contribution < 1.29 is 23.8 Å². The van der Waals surface area contributed by atoms with Crippen molar-refractivity contribution in [3.05, 3.63) is 0 Å². The van der Waals surface area contributed by atoms with E-state index in [1.165, 1.54) is 0 Å². The molecule has 0 N–H and O–H groups in total. The van der Waals surface area contributed by atoms with Gasteiger partial charge >= 0.3 is 12.1 Å². The molecule has 0 saturated carbocycles. The van der Waals surface area contributed by atoms with Gasteiger partial charge in [-0.05, 0) is 53.4 Å². The van der Waals surface area contributed by atoms with Crippen molar-refractivity contribution in [3.8, 4) is 0 Å². The van der Waals surface area contributed by atoms with E-state index in [-0.39, 0.29) is 24.3 Å². The van der Waals surface area contributed by atoms with Crippen LogP contribution in [0.2, 0.25) is 0 Å². The molecule has 0 aromatic heterocycles. The molecule has 7 heteroatoms. The average molecular weight is 370 g/mol. The molecule has 2 aliphatic rings. The number of nitrogens with zero attached hydrogens (tertiary/aromatic N) is 2. The zero-order valence-corrected chi connectivity index (χ0v) is 16.7. The number of rotatable bonds is 5. The Hall–Kier alpha value is -1.34. The van der Waals surface area contributed by atoms with E-state index in [9.17, 15) is 9.59 Å². The second kappa shape index (κ2) is 9.55. The molecule has 0 bridgehead atoms. The third-order valence-electron chi connectivity index (χ3n) is 4.67. The van der Waals surface area contributed by atoms with E-state index in [2.05, 4.69) is 4.90 Å². The van der Waals surface area contributed by atoms with Crippen molar-refractivity contribution in [2.75, 3.05) is 39.3 Å². The normalized spacial score (nSPS) is 20.8. The minimum absolute atomic E-state index is 0.151. The molecule has 0 unspecified atom stereocenters. The van der Waals surface area contributed by atoms with Crippen LogP contribution in [0, 0.1) is 0 Å². The molecule has 150 valence electrons. The van der Waals surface area contributed by atoms with Gasteiger partial charge in [-0.2, -0.15) is 0 Å². The number of carbonyl (C=O) groups excluding carboxylic acids is 2. The Bertz CT molecular complexity index is 461. The summed E-state index contributed by atoms with van der Waals surface area (Å²) >= 11 is 0. The third kappa shape index (κ3) is 7.11. The van der Waals surface area contributed by atoms with Crippen LogP contribution in [0.4, 0.5) is 4.79 Å². The highest BCUT2D eigenvalue weighted by Gasteiger charge is 2.29. The van der Waals surface area contributed by atoms with E-state index in [1.807, 2.05) is 27.7 Å². The van der Waals surface area contributed by atoms with Crippen molar-refractivity contribution in [1.82, 2.24) is 9.80 Å². The summed E-state index contributed by atoms with van der Waals surface area (Å²) in [6.45, 7) is 11.4. The molecule has 26 heavy (non-hydrogen) atoms. The largest absolute Gasteiger partial charge is 0.465 e. The molecule has 0 spiro atoms. The molecule has 2 rings (SSSR count). The molecule has 2 saturated heterocycles. The topological polar surface area (TPSA) is 68.3 Å². The fraction of sp³-hybridized carbons (Fsp3) is 0.895.